The maximum Gasteiger partial charge on any atom is 0.255 e. The molecule has 9 nitrogen and oxygen atoms in total. The van der Waals surface area contributed by atoms with Gasteiger partial charge in [0.15, 0.2) is 5.60 Å². The zero-order chi connectivity index (χ0) is 25.6. The van der Waals surface area contributed by atoms with Crippen LogP contribution in [-0.4, -0.2) is 72.1 Å². The second kappa shape index (κ2) is 7.46. The quantitative estimate of drug-likeness (QED) is 0.296. The first kappa shape index (κ1) is 24.1. The number of methoxy groups -OCH3 is 1. The van der Waals surface area contributed by atoms with Crippen molar-refractivity contribution in [2.75, 3.05) is 32.1 Å². The highest BCUT2D eigenvalue weighted by atomic mass is 16.5. The van der Waals surface area contributed by atoms with Crippen molar-refractivity contribution < 1.29 is 19.7 Å². The van der Waals surface area contributed by atoms with E-state index in [2.05, 4.69) is 41.8 Å². The minimum absolute atomic E-state index is 0.131. The molecule has 3 heterocycles. The Balaban J connectivity index is 1.89. The maximum absolute atomic E-state index is 13.4. The zero-order valence-electron chi connectivity index (χ0n) is 21.3. The lowest BCUT2D eigenvalue weighted by molar-refractivity contribution is -0.201. The molecule has 9 heteroatoms. The third-order valence-electron chi connectivity index (χ3n) is 9.26. The number of aliphatic hydroxyl groups is 2. The van der Waals surface area contributed by atoms with E-state index in [1.807, 2.05) is 37.1 Å². The summed E-state index contributed by atoms with van der Waals surface area (Å²) in [6.07, 6.45) is 3.79. The lowest BCUT2D eigenvalue weighted by Crippen LogP contribution is -2.80. The van der Waals surface area contributed by atoms with Crippen LogP contribution in [0.2, 0.25) is 0 Å². The Labute approximate surface area is 206 Å². The van der Waals surface area contributed by atoms with Crippen molar-refractivity contribution in [2.45, 2.75) is 75.2 Å². The number of aliphatic hydroxyl groups excluding tert-OH is 1. The Morgan fingerprint density at radius 1 is 1.34 bits per heavy atom. The molecule has 6 atom stereocenters. The highest BCUT2D eigenvalue weighted by Crippen LogP contribution is 2.67. The van der Waals surface area contributed by atoms with Crippen molar-refractivity contribution in [3.63, 3.8) is 0 Å². The van der Waals surface area contributed by atoms with Crippen LogP contribution in [0.3, 0.4) is 0 Å². The van der Waals surface area contributed by atoms with Crippen LogP contribution in [0.1, 0.15) is 51.7 Å². The summed E-state index contributed by atoms with van der Waals surface area (Å²) in [4.78, 5) is 20.4. The molecule has 0 bridgehead atoms. The number of benzene rings is 1. The van der Waals surface area contributed by atoms with Crippen molar-refractivity contribution in [1.82, 2.24) is 4.90 Å². The van der Waals surface area contributed by atoms with Gasteiger partial charge in [-0.1, -0.05) is 39.8 Å². The molecule has 1 aliphatic carbocycles. The van der Waals surface area contributed by atoms with Crippen LogP contribution in [0.5, 0.6) is 5.75 Å². The average Bonchev–Trinajstić information content (AvgIpc) is 3.33. The first-order valence-electron chi connectivity index (χ1n) is 12.3. The molecule has 1 aromatic rings. The molecular weight excluding hydrogens is 446 g/mol. The molecule has 3 aliphatic heterocycles. The van der Waals surface area contributed by atoms with Crippen molar-refractivity contribution in [3.8, 4) is 5.75 Å². The minimum atomic E-state index is -2.29. The number of likely N-dealkylation sites (N-methyl/N-ethyl adjacent to an activating group) is 1. The lowest BCUT2D eigenvalue weighted by Gasteiger charge is -2.63. The summed E-state index contributed by atoms with van der Waals surface area (Å²) in [7, 11) is 3.49. The number of hydrogen-bond donors (Lipinski definition) is 2. The molecule has 5 rings (SSSR count). The van der Waals surface area contributed by atoms with Crippen molar-refractivity contribution in [1.29, 1.82) is 0 Å². The summed E-state index contributed by atoms with van der Waals surface area (Å²) in [5.41, 5.74) is 8.04. The number of amides is 1. The van der Waals surface area contributed by atoms with Gasteiger partial charge in [0.2, 0.25) is 0 Å². The molecule has 1 amide bonds. The fourth-order valence-corrected chi connectivity index (χ4v) is 7.97. The number of anilines is 1. The van der Waals surface area contributed by atoms with Gasteiger partial charge in [0.05, 0.1) is 13.2 Å². The first-order valence-corrected chi connectivity index (χ1v) is 12.3. The zero-order valence-corrected chi connectivity index (χ0v) is 21.3. The Morgan fingerprint density at radius 2 is 2.06 bits per heavy atom. The normalized spacial score (nSPS) is 37.4. The topological polar surface area (TPSA) is 122 Å². The largest absolute Gasteiger partial charge is 0.496 e. The van der Waals surface area contributed by atoms with E-state index in [1.54, 1.807) is 7.11 Å². The number of nitrogens with zero attached hydrogens (tertiary/aromatic N) is 5. The van der Waals surface area contributed by atoms with E-state index in [0.717, 1.165) is 35.7 Å². The molecule has 2 N–H and O–H groups in total. The minimum Gasteiger partial charge on any atom is -0.496 e. The molecule has 3 unspecified atom stereocenters. The van der Waals surface area contributed by atoms with Crippen LogP contribution in [-0.2, 0) is 15.6 Å². The average molecular weight is 482 g/mol. The Kier molecular flexibility index (Phi) is 5.14. The summed E-state index contributed by atoms with van der Waals surface area (Å²) < 4.78 is 5.79. The van der Waals surface area contributed by atoms with Gasteiger partial charge in [-0.3, -0.25) is 9.69 Å². The molecular formula is C26H35N5O4. The van der Waals surface area contributed by atoms with Gasteiger partial charge < -0.3 is 19.8 Å². The molecule has 1 spiro atoms. The van der Waals surface area contributed by atoms with Gasteiger partial charge in [0.25, 0.3) is 5.91 Å². The van der Waals surface area contributed by atoms with E-state index < -0.39 is 34.5 Å². The summed E-state index contributed by atoms with van der Waals surface area (Å²) >= 11 is 0. The Morgan fingerprint density at radius 3 is 2.66 bits per heavy atom. The van der Waals surface area contributed by atoms with E-state index in [-0.39, 0.29) is 11.5 Å². The Bertz CT molecular complexity index is 1170. The second-order valence-corrected chi connectivity index (χ2v) is 11.6. The van der Waals surface area contributed by atoms with Crippen LogP contribution >= 0.6 is 0 Å². The number of carbonyl (C=O) groups is 1. The fourth-order valence-electron chi connectivity index (χ4n) is 7.97. The Hall–Kier alpha value is -2.58. The SMILES string of the molecule is CC[C@]12C=CCN3CCC4(c5cc(C(C)(C)C)c(OC)cc5N(C)C4[C@@](O)(C(=O)N=[N+]=[N-])[C@@H]1O)C32. The van der Waals surface area contributed by atoms with Gasteiger partial charge in [-0.2, -0.15) is 0 Å². The molecule has 0 aromatic heterocycles. The van der Waals surface area contributed by atoms with Gasteiger partial charge in [-0.15, -0.1) is 0 Å². The molecule has 1 saturated carbocycles. The van der Waals surface area contributed by atoms with Gasteiger partial charge in [-0.05, 0) is 52.6 Å². The highest BCUT2D eigenvalue weighted by molar-refractivity contribution is 5.91. The van der Waals surface area contributed by atoms with Crippen LogP contribution in [0.4, 0.5) is 5.69 Å². The van der Waals surface area contributed by atoms with Gasteiger partial charge in [-0.25, -0.2) is 0 Å². The van der Waals surface area contributed by atoms with Crippen LogP contribution < -0.4 is 9.64 Å². The van der Waals surface area contributed by atoms with Crippen LogP contribution in [0.15, 0.2) is 29.4 Å². The van der Waals surface area contributed by atoms with Crippen LogP contribution in [0, 0.1) is 5.41 Å². The summed E-state index contributed by atoms with van der Waals surface area (Å²) in [6, 6.07) is 3.24. The number of ether oxygens (including phenoxy) is 1. The highest BCUT2D eigenvalue weighted by Gasteiger charge is 2.78. The number of fused-ring (bicyclic) bond motifs is 1. The van der Waals surface area contributed by atoms with Crippen LogP contribution in [0.25, 0.3) is 10.4 Å². The molecule has 35 heavy (non-hydrogen) atoms. The fraction of sp³-hybridized carbons (Fsp3) is 0.654. The van der Waals surface area contributed by atoms with E-state index in [9.17, 15) is 15.0 Å². The smallest absolute Gasteiger partial charge is 0.255 e. The second-order valence-electron chi connectivity index (χ2n) is 11.6. The van der Waals surface area contributed by atoms with E-state index >= 15 is 0 Å². The molecule has 0 radical (unpaired) electrons. The summed E-state index contributed by atoms with van der Waals surface area (Å²) in [6.45, 7) is 9.91. The molecule has 188 valence electrons. The first-order chi connectivity index (χ1) is 16.4. The summed E-state index contributed by atoms with van der Waals surface area (Å²) in [5.74, 6) is -0.299. The van der Waals surface area contributed by atoms with Gasteiger partial charge >= 0.3 is 0 Å². The number of rotatable bonds is 3. The molecule has 4 aliphatic rings. The van der Waals surface area contributed by atoms with E-state index in [0.29, 0.717) is 12.8 Å². The van der Waals surface area contributed by atoms with E-state index in [4.69, 9.17) is 10.3 Å². The predicted octanol–water partition coefficient (Wildman–Crippen LogP) is 3.03. The maximum atomic E-state index is 13.4. The molecule has 2 fully saturated rings. The summed E-state index contributed by atoms with van der Waals surface area (Å²) in [5, 5.41) is 27.5. The number of azide groups is 1. The van der Waals surface area contributed by atoms with Gasteiger partial charge in [0.1, 0.15) is 11.9 Å². The van der Waals surface area contributed by atoms with Crippen molar-refractivity contribution in [2.24, 2.45) is 10.5 Å². The van der Waals surface area contributed by atoms with E-state index in [1.165, 1.54) is 0 Å². The number of carbonyl (C=O) groups excluding carboxylic acids is 1. The monoisotopic (exact) mass is 481 g/mol. The standard InChI is InChI=1S/C26H35N5O4/c1-7-24-9-8-11-31-12-10-25(19(24)31)15-13-16(23(2,3)4)18(35-6)14-17(15)30(5)20(25)26(34,21(24)32)22(33)28-29-27/h8-9,13-14,19-21,32,34H,7,10-12H2,1-6H3/t19?,20?,21-,24-,25?,26+/m1/s1. The third-order valence-corrected chi connectivity index (χ3v) is 9.26. The number of hydrogen-bond acceptors (Lipinski definition) is 6. The predicted molar refractivity (Wildman–Crippen MR) is 133 cm³/mol. The third kappa shape index (κ3) is 2.70. The lowest BCUT2D eigenvalue weighted by atomic mass is 9.47. The molecule has 1 aromatic carbocycles. The van der Waals surface area contributed by atoms with Gasteiger partial charge in [0, 0.05) is 47.1 Å². The molecule has 1 saturated heterocycles. The van der Waals surface area contributed by atoms with Crippen molar-refractivity contribution >= 4 is 11.6 Å². The van der Waals surface area contributed by atoms with Crippen molar-refractivity contribution in [3.05, 3.63) is 45.9 Å².